The smallest absolute Gasteiger partial charge is 0.407 e. The molecule has 0 aliphatic heterocycles. The summed E-state index contributed by atoms with van der Waals surface area (Å²) in [4.78, 5) is 12.7. The molecule has 1 saturated carbocycles. The predicted molar refractivity (Wildman–Crippen MR) is 136 cm³/mol. The zero-order valence-electron chi connectivity index (χ0n) is 20.5. The van der Waals surface area contributed by atoms with Crippen LogP contribution in [0.1, 0.15) is 45.1 Å². The minimum Gasteiger partial charge on any atom is -0.446 e. The Labute approximate surface area is 208 Å². The first-order valence-corrected chi connectivity index (χ1v) is 13.6. The minimum absolute atomic E-state index is 0.0265. The number of carbonyl (C=O) groups is 1. The number of aliphatic hydroxyl groups is 1. The highest BCUT2D eigenvalue weighted by Crippen LogP contribution is 2.22. The summed E-state index contributed by atoms with van der Waals surface area (Å²) in [5.74, 6) is 0.0265. The van der Waals surface area contributed by atoms with Gasteiger partial charge in [-0.25, -0.2) is 13.2 Å². The third-order valence-corrected chi connectivity index (χ3v) is 7.97. The number of nitrogens with zero attached hydrogens (tertiary/aromatic N) is 1. The Balaban J connectivity index is 1.80. The summed E-state index contributed by atoms with van der Waals surface area (Å²) < 4.78 is 33.6. The maximum atomic E-state index is 13.4. The number of nitrogens with one attached hydrogen (secondary N) is 1. The van der Waals surface area contributed by atoms with Gasteiger partial charge in [0, 0.05) is 18.8 Å². The van der Waals surface area contributed by atoms with E-state index in [1.54, 1.807) is 0 Å². The van der Waals surface area contributed by atoms with Crippen LogP contribution in [0.15, 0.2) is 59.5 Å². The number of nitrogen functional groups attached to an aromatic ring is 1. The van der Waals surface area contributed by atoms with E-state index in [2.05, 4.69) is 5.32 Å². The predicted octanol–water partition coefficient (Wildman–Crippen LogP) is 3.56. The summed E-state index contributed by atoms with van der Waals surface area (Å²) in [6, 6.07) is 14.7. The van der Waals surface area contributed by atoms with E-state index in [1.165, 1.54) is 28.6 Å². The summed E-state index contributed by atoms with van der Waals surface area (Å²) in [6.45, 7) is 3.87. The van der Waals surface area contributed by atoms with Gasteiger partial charge in [0.25, 0.3) is 0 Å². The van der Waals surface area contributed by atoms with Gasteiger partial charge in [0.05, 0.1) is 17.0 Å². The highest BCUT2D eigenvalue weighted by molar-refractivity contribution is 7.89. The molecule has 1 fully saturated rings. The highest BCUT2D eigenvalue weighted by atomic mass is 32.2. The number of hydrogen-bond donors (Lipinski definition) is 3. The Morgan fingerprint density at radius 2 is 1.71 bits per heavy atom. The van der Waals surface area contributed by atoms with E-state index in [0.717, 1.165) is 31.2 Å². The molecule has 1 aliphatic rings. The van der Waals surface area contributed by atoms with E-state index in [9.17, 15) is 18.3 Å². The maximum Gasteiger partial charge on any atom is 0.407 e. The van der Waals surface area contributed by atoms with Gasteiger partial charge < -0.3 is 20.9 Å². The van der Waals surface area contributed by atoms with Gasteiger partial charge in [-0.15, -0.1) is 0 Å². The largest absolute Gasteiger partial charge is 0.446 e. The van der Waals surface area contributed by atoms with Gasteiger partial charge in [0.1, 0.15) is 6.10 Å². The van der Waals surface area contributed by atoms with E-state index in [1.807, 2.05) is 44.2 Å². The molecule has 35 heavy (non-hydrogen) atoms. The standard InChI is InChI=1S/C26H37N3O5S/c1-19(2)17-29(35(32,33)23-14-12-21(27)13-15-23)18-25(30)24(16-20-8-4-3-5-9-20)28-26(31)34-22-10-6-7-11-22/h3-5,8-9,12-15,19,22,24-25,30H,6-7,10-11,16-18,27H2,1-2H3,(H,28,31). The first-order valence-electron chi connectivity index (χ1n) is 12.2. The van der Waals surface area contributed by atoms with Crippen LogP contribution >= 0.6 is 0 Å². The molecule has 0 radical (unpaired) electrons. The monoisotopic (exact) mass is 503 g/mol. The third-order valence-electron chi connectivity index (χ3n) is 6.12. The first-order chi connectivity index (χ1) is 16.6. The SMILES string of the molecule is CC(C)CN(CC(O)C(Cc1ccccc1)NC(=O)OC1CCCC1)S(=O)(=O)c1ccc(N)cc1. The zero-order valence-corrected chi connectivity index (χ0v) is 21.3. The van der Waals surface area contributed by atoms with Crippen molar-refractivity contribution in [3.05, 3.63) is 60.2 Å². The van der Waals surface area contributed by atoms with Crippen LogP contribution in [0.5, 0.6) is 0 Å². The van der Waals surface area contributed by atoms with Crippen LogP contribution in [-0.2, 0) is 21.2 Å². The van der Waals surface area contributed by atoms with Crippen molar-refractivity contribution in [1.29, 1.82) is 0 Å². The number of anilines is 1. The summed E-state index contributed by atoms with van der Waals surface area (Å²) in [5, 5.41) is 14.0. The van der Waals surface area contributed by atoms with Gasteiger partial charge in [-0.3, -0.25) is 0 Å². The molecular formula is C26H37N3O5S. The minimum atomic E-state index is -3.89. The molecule has 2 atom stereocenters. The Bertz CT molecular complexity index is 1040. The molecule has 8 nitrogen and oxygen atoms in total. The number of hydrogen-bond acceptors (Lipinski definition) is 6. The molecule has 1 aliphatic carbocycles. The summed E-state index contributed by atoms with van der Waals surface area (Å²) in [6.07, 6.45) is 2.19. The van der Waals surface area contributed by atoms with Gasteiger partial charge in [0.2, 0.25) is 10.0 Å². The van der Waals surface area contributed by atoms with Crippen molar-refractivity contribution in [3.8, 4) is 0 Å². The number of carbonyl (C=O) groups excluding carboxylic acids is 1. The van der Waals surface area contributed by atoms with Crippen LogP contribution < -0.4 is 11.1 Å². The molecule has 4 N–H and O–H groups in total. The lowest BCUT2D eigenvalue weighted by Gasteiger charge is -2.30. The quantitative estimate of drug-likeness (QED) is 0.403. The number of aliphatic hydroxyl groups excluding tert-OH is 1. The van der Waals surface area contributed by atoms with Gasteiger partial charge in [0.15, 0.2) is 0 Å². The van der Waals surface area contributed by atoms with Gasteiger partial charge in [-0.1, -0.05) is 44.2 Å². The van der Waals surface area contributed by atoms with Crippen LogP contribution in [-0.4, -0.2) is 55.3 Å². The highest BCUT2D eigenvalue weighted by Gasteiger charge is 2.32. The molecule has 0 saturated heterocycles. The number of ether oxygens (including phenoxy) is 1. The van der Waals surface area contributed by atoms with Crippen LogP contribution in [0.4, 0.5) is 10.5 Å². The van der Waals surface area contributed by atoms with Crippen molar-refractivity contribution >= 4 is 21.8 Å². The molecule has 2 aromatic rings. The molecule has 0 heterocycles. The van der Waals surface area contributed by atoms with E-state index in [-0.39, 0.29) is 30.0 Å². The van der Waals surface area contributed by atoms with Gasteiger partial charge in [-0.05, 0) is 67.9 Å². The number of nitrogens with two attached hydrogens (primary N) is 1. The second kappa shape index (κ2) is 12.4. The Kier molecular flexibility index (Phi) is 9.54. The van der Waals surface area contributed by atoms with Crippen LogP contribution in [0.3, 0.4) is 0 Å². The summed E-state index contributed by atoms with van der Waals surface area (Å²) in [5.41, 5.74) is 7.10. The van der Waals surface area contributed by atoms with E-state index >= 15 is 0 Å². The molecule has 9 heteroatoms. The van der Waals surface area contributed by atoms with Gasteiger partial charge >= 0.3 is 6.09 Å². The number of rotatable bonds is 11. The second-order valence-corrected chi connectivity index (χ2v) is 11.5. The van der Waals surface area contributed by atoms with E-state index in [0.29, 0.717) is 12.1 Å². The average molecular weight is 504 g/mol. The Hall–Kier alpha value is -2.62. The Morgan fingerprint density at radius 3 is 2.31 bits per heavy atom. The fraction of sp³-hybridized carbons (Fsp3) is 0.500. The lowest BCUT2D eigenvalue weighted by Crippen LogP contribution is -2.51. The van der Waals surface area contributed by atoms with Crippen molar-refractivity contribution in [3.63, 3.8) is 0 Å². The third kappa shape index (κ3) is 7.95. The normalized spacial score (nSPS) is 16.4. The summed E-state index contributed by atoms with van der Waals surface area (Å²) >= 11 is 0. The number of sulfonamides is 1. The molecule has 0 bridgehead atoms. The summed E-state index contributed by atoms with van der Waals surface area (Å²) in [7, 11) is -3.89. The number of alkyl carbamates (subject to hydrolysis) is 1. The fourth-order valence-electron chi connectivity index (χ4n) is 4.30. The van der Waals surface area contributed by atoms with Crippen molar-refractivity contribution in [1.82, 2.24) is 9.62 Å². The molecule has 0 aromatic heterocycles. The van der Waals surface area contributed by atoms with Crippen molar-refractivity contribution in [2.24, 2.45) is 5.92 Å². The van der Waals surface area contributed by atoms with Crippen molar-refractivity contribution < 1.29 is 23.1 Å². The van der Waals surface area contributed by atoms with Crippen molar-refractivity contribution in [2.45, 2.75) is 69.1 Å². The molecule has 192 valence electrons. The lowest BCUT2D eigenvalue weighted by atomic mass is 10.0. The van der Waals surface area contributed by atoms with Crippen LogP contribution in [0, 0.1) is 5.92 Å². The topological polar surface area (TPSA) is 122 Å². The maximum absolute atomic E-state index is 13.4. The lowest BCUT2D eigenvalue weighted by molar-refractivity contribution is 0.0726. The molecule has 3 rings (SSSR count). The molecule has 0 spiro atoms. The van der Waals surface area contributed by atoms with Crippen LogP contribution in [0.25, 0.3) is 0 Å². The molecule has 2 aromatic carbocycles. The second-order valence-electron chi connectivity index (χ2n) is 9.60. The van der Waals surface area contributed by atoms with E-state index in [4.69, 9.17) is 10.5 Å². The van der Waals surface area contributed by atoms with E-state index < -0.39 is 28.3 Å². The molecule has 2 unspecified atom stereocenters. The van der Waals surface area contributed by atoms with Gasteiger partial charge in [-0.2, -0.15) is 4.31 Å². The Morgan fingerprint density at radius 1 is 1.09 bits per heavy atom. The molecule has 1 amide bonds. The molecular weight excluding hydrogens is 466 g/mol. The average Bonchev–Trinajstić information content (AvgIpc) is 3.31. The van der Waals surface area contributed by atoms with Crippen LogP contribution in [0.2, 0.25) is 0 Å². The zero-order chi connectivity index (χ0) is 25.4. The van der Waals surface area contributed by atoms with Crippen molar-refractivity contribution in [2.75, 3.05) is 18.8 Å². The number of amides is 1. The fourth-order valence-corrected chi connectivity index (χ4v) is 5.92. The number of benzene rings is 2. The first kappa shape index (κ1) is 27.0.